The van der Waals surface area contributed by atoms with Crippen molar-refractivity contribution in [1.29, 1.82) is 0 Å². The SMILES string of the molecule is CCn1cnnc1CNC(=O)Nc1cccc(CSC(C)C)c1C. The number of nitrogens with one attached hydrogen (secondary N) is 2. The number of thioether (sulfide) groups is 1. The largest absolute Gasteiger partial charge is 0.331 e. The molecule has 0 saturated heterocycles. The molecule has 0 bridgehead atoms. The van der Waals surface area contributed by atoms with E-state index in [2.05, 4.69) is 40.7 Å². The molecule has 6 nitrogen and oxygen atoms in total. The van der Waals surface area contributed by atoms with E-state index in [-0.39, 0.29) is 6.03 Å². The Morgan fingerprint density at radius 2 is 2.17 bits per heavy atom. The Morgan fingerprint density at radius 1 is 1.38 bits per heavy atom. The normalized spacial score (nSPS) is 10.9. The second kappa shape index (κ2) is 8.73. The molecule has 0 fully saturated rings. The minimum Gasteiger partial charge on any atom is -0.331 e. The molecule has 2 aromatic rings. The van der Waals surface area contributed by atoms with Gasteiger partial charge in [0, 0.05) is 18.0 Å². The van der Waals surface area contributed by atoms with Crippen LogP contribution >= 0.6 is 11.8 Å². The van der Waals surface area contributed by atoms with Gasteiger partial charge in [0.15, 0.2) is 5.82 Å². The lowest BCUT2D eigenvalue weighted by atomic mass is 10.1. The van der Waals surface area contributed by atoms with Crippen molar-refractivity contribution in [2.24, 2.45) is 0 Å². The van der Waals surface area contributed by atoms with E-state index in [4.69, 9.17) is 0 Å². The fourth-order valence-electron chi connectivity index (χ4n) is 2.24. The summed E-state index contributed by atoms with van der Waals surface area (Å²) in [6.07, 6.45) is 1.66. The molecule has 0 aliphatic rings. The molecule has 0 saturated carbocycles. The predicted molar refractivity (Wildman–Crippen MR) is 99.2 cm³/mol. The van der Waals surface area contributed by atoms with E-state index >= 15 is 0 Å². The second-order valence-corrected chi connectivity index (χ2v) is 7.36. The second-order valence-electron chi connectivity index (χ2n) is 5.79. The Hall–Kier alpha value is -2.02. The molecule has 130 valence electrons. The highest BCUT2D eigenvalue weighted by molar-refractivity contribution is 7.99. The van der Waals surface area contributed by atoms with E-state index in [1.165, 1.54) is 5.56 Å². The average Bonchev–Trinajstić information content (AvgIpc) is 3.01. The van der Waals surface area contributed by atoms with Crippen molar-refractivity contribution in [2.45, 2.75) is 51.8 Å². The van der Waals surface area contributed by atoms with Crippen molar-refractivity contribution in [3.63, 3.8) is 0 Å². The summed E-state index contributed by atoms with van der Waals surface area (Å²) in [5.74, 6) is 1.69. The Kier molecular flexibility index (Phi) is 6.66. The number of hydrogen-bond acceptors (Lipinski definition) is 4. The van der Waals surface area contributed by atoms with E-state index in [0.29, 0.717) is 11.8 Å². The zero-order valence-corrected chi connectivity index (χ0v) is 15.5. The predicted octanol–water partition coefficient (Wildman–Crippen LogP) is 3.57. The van der Waals surface area contributed by atoms with Gasteiger partial charge in [-0.15, -0.1) is 10.2 Å². The Morgan fingerprint density at radius 3 is 2.88 bits per heavy atom. The quantitative estimate of drug-likeness (QED) is 0.803. The maximum Gasteiger partial charge on any atom is 0.319 e. The van der Waals surface area contributed by atoms with Crippen molar-refractivity contribution in [3.8, 4) is 0 Å². The molecular weight excluding hydrogens is 322 g/mol. The first-order valence-electron chi connectivity index (χ1n) is 8.12. The lowest BCUT2D eigenvalue weighted by Gasteiger charge is -2.14. The molecule has 0 radical (unpaired) electrons. The fourth-order valence-corrected chi connectivity index (χ4v) is 3.06. The van der Waals surface area contributed by atoms with Gasteiger partial charge in [-0.2, -0.15) is 11.8 Å². The zero-order valence-electron chi connectivity index (χ0n) is 14.7. The van der Waals surface area contributed by atoms with Crippen molar-refractivity contribution in [2.75, 3.05) is 5.32 Å². The van der Waals surface area contributed by atoms with Gasteiger partial charge >= 0.3 is 6.03 Å². The van der Waals surface area contributed by atoms with Gasteiger partial charge in [-0.3, -0.25) is 0 Å². The van der Waals surface area contributed by atoms with Gasteiger partial charge in [-0.05, 0) is 36.3 Å². The van der Waals surface area contributed by atoms with Gasteiger partial charge < -0.3 is 15.2 Å². The molecule has 0 spiro atoms. The van der Waals surface area contributed by atoms with Crippen LogP contribution in [0, 0.1) is 6.92 Å². The number of carbonyl (C=O) groups is 1. The number of amides is 2. The molecule has 0 aliphatic carbocycles. The molecule has 7 heteroatoms. The molecule has 1 aromatic heterocycles. The van der Waals surface area contributed by atoms with E-state index in [0.717, 1.165) is 29.4 Å². The summed E-state index contributed by atoms with van der Waals surface area (Å²) in [4.78, 5) is 12.2. The first kappa shape index (κ1) is 18.3. The van der Waals surface area contributed by atoms with Crippen LogP contribution in [0.1, 0.15) is 37.7 Å². The third-order valence-electron chi connectivity index (χ3n) is 3.71. The maximum absolute atomic E-state index is 12.2. The molecule has 2 amide bonds. The Labute approximate surface area is 147 Å². The first-order chi connectivity index (χ1) is 11.5. The standard InChI is InChI=1S/C17H25N5OS/c1-5-22-11-19-21-16(22)9-18-17(23)20-15-8-6-7-14(13(15)4)10-24-12(2)3/h6-8,11-12H,5,9-10H2,1-4H3,(H2,18,20,23). The van der Waals surface area contributed by atoms with E-state index in [1.807, 2.05) is 42.3 Å². The lowest BCUT2D eigenvalue weighted by molar-refractivity contribution is 0.251. The molecule has 1 heterocycles. The Bertz CT molecular complexity index is 683. The van der Waals surface area contributed by atoms with Crippen molar-refractivity contribution in [1.82, 2.24) is 20.1 Å². The third-order valence-corrected chi connectivity index (χ3v) is 4.85. The molecule has 1 aromatic carbocycles. The number of rotatable bonds is 7. The van der Waals surface area contributed by atoms with Crippen LogP contribution in [0.3, 0.4) is 0 Å². The minimum atomic E-state index is -0.239. The summed E-state index contributed by atoms with van der Waals surface area (Å²) in [6, 6.07) is 5.77. The maximum atomic E-state index is 12.2. The molecular formula is C17H25N5OS. The van der Waals surface area contributed by atoms with Crippen LogP contribution in [0.2, 0.25) is 0 Å². The van der Waals surface area contributed by atoms with Crippen LogP contribution < -0.4 is 10.6 Å². The number of benzene rings is 1. The summed E-state index contributed by atoms with van der Waals surface area (Å²) < 4.78 is 1.90. The smallest absolute Gasteiger partial charge is 0.319 e. The number of urea groups is 1. The number of anilines is 1. The van der Waals surface area contributed by atoms with Crippen molar-refractivity contribution < 1.29 is 4.79 Å². The van der Waals surface area contributed by atoms with Crippen LogP contribution in [-0.2, 0) is 18.8 Å². The van der Waals surface area contributed by atoms with Crippen molar-refractivity contribution in [3.05, 3.63) is 41.5 Å². The van der Waals surface area contributed by atoms with Gasteiger partial charge in [0.25, 0.3) is 0 Å². The third kappa shape index (κ3) is 4.99. The number of aryl methyl sites for hydroxylation is 1. The van der Waals surface area contributed by atoms with Gasteiger partial charge in [0.1, 0.15) is 6.33 Å². The van der Waals surface area contributed by atoms with Crippen LogP contribution in [-0.4, -0.2) is 26.0 Å². The van der Waals surface area contributed by atoms with E-state index < -0.39 is 0 Å². The number of carbonyl (C=O) groups excluding carboxylic acids is 1. The van der Waals surface area contributed by atoms with Gasteiger partial charge in [0.2, 0.25) is 0 Å². The topological polar surface area (TPSA) is 71.8 Å². The first-order valence-corrected chi connectivity index (χ1v) is 9.17. The zero-order chi connectivity index (χ0) is 17.5. The van der Waals surface area contributed by atoms with Gasteiger partial charge in [-0.25, -0.2) is 4.79 Å². The molecule has 2 N–H and O–H groups in total. The van der Waals surface area contributed by atoms with Crippen LogP contribution in [0.5, 0.6) is 0 Å². The molecule has 24 heavy (non-hydrogen) atoms. The number of nitrogens with zero attached hydrogens (tertiary/aromatic N) is 3. The fraction of sp³-hybridized carbons (Fsp3) is 0.471. The summed E-state index contributed by atoms with van der Waals surface area (Å²) in [6.45, 7) is 9.55. The van der Waals surface area contributed by atoms with E-state index in [1.54, 1.807) is 6.33 Å². The summed E-state index contributed by atoms with van der Waals surface area (Å²) in [5, 5.41) is 14.2. The highest BCUT2D eigenvalue weighted by Crippen LogP contribution is 2.24. The van der Waals surface area contributed by atoms with Crippen molar-refractivity contribution >= 4 is 23.5 Å². The highest BCUT2D eigenvalue weighted by atomic mass is 32.2. The van der Waals surface area contributed by atoms with Gasteiger partial charge in [0.05, 0.1) is 6.54 Å². The number of hydrogen-bond donors (Lipinski definition) is 2. The molecule has 0 aliphatic heterocycles. The van der Waals surface area contributed by atoms with Crippen LogP contribution in [0.15, 0.2) is 24.5 Å². The summed E-state index contributed by atoms with van der Waals surface area (Å²) in [7, 11) is 0. The summed E-state index contributed by atoms with van der Waals surface area (Å²) in [5.41, 5.74) is 3.20. The Balaban J connectivity index is 1.95. The minimum absolute atomic E-state index is 0.239. The highest BCUT2D eigenvalue weighted by Gasteiger charge is 2.09. The monoisotopic (exact) mass is 347 g/mol. The lowest BCUT2D eigenvalue weighted by Crippen LogP contribution is -2.29. The van der Waals surface area contributed by atoms with Crippen LogP contribution in [0.4, 0.5) is 10.5 Å². The average molecular weight is 347 g/mol. The van der Waals surface area contributed by atoms with Gasteiger partial charge in [-0.1, -0.05) is 26.0 Å². The molecule has 2 rings (SSSR count). The molecule has 0 unspecified atom stereocenters. The number of aromatic nitrogens is 3. The summed E-state index contributed by atoms with van der Waals surface area (Å²) >= 11 is 1.89. The van der Waals surface area contributed by atoms with Crippen LogP contribution in [0.25, 0.3) is 0 Å². The molecule has 0 atom stereocenters. The van der Waals surface area contributed by atoms with E-state index in [9.17, 15) is 4.79 Å².